The highest BCUT2D eigenvalue weighted by molar-refractivity contribution is 6.29. The molecule has 0 bridgehead atoms. The Labute approximate surface area is 106 Å². The predicted molar refractivity (Wildman–Crippen MR) is 64.9 cm³/mol. The van der Waals surface area contributed by atoms with Gasteiger partial charge in [0.2, 0.25) is 0 Å². The molecule has 1 aliphatic heterocycles. The highest BCUT2D eigenvalue weighted by Gasteiger charge is 2.32. The van der Waals surface area contributed by atoms with Crippen LogP contribution in [-0.2, 0) is 18.3 Å². The molecule has 0 amide bonds. The monoisotopic (exact) mass is 259 g/mol. The summed E-state index contributed by atoms with van der Waals surface area (Å²) in [5, 5.41) is 9.98. The number of aromatic nitrogens is 2. The van der Waals surface area contributed by atoms with Crippen LogP contribution in [0.2, 0.25) is 5.15 Å². The normalized spacial score (nSPS) is 25.6. The van der Waals surface area contributed by atoms with Gasteiger partial charge in [0.25, 0.3) is 0 Å². The van der Waals surface area contributed by atoms with E-state index < -0.39 is 0 Å². The summed E-state index contributed by atoms with van der Waals surface area (Å²) in [5.41, 5.74) is 0. The largest absolute Gasteiger partial charge is 0.395 e. The Morgan fingerprint density at radius 2 is 2.41 bits per heavy atom. The van der Waals surface area contributed by atoms with E-state index in [0.29, 0.717) is 11.7 Å². The average Bonchev–Trinajstić information content (AvgIpc) is 2.87. The molecule has 17 heavy (non-hydrogen) atoms. The van der Waals surface area contributed by atoms with Crippen LogP contribution >= 0.6 is 11.6 Å². The van der Waals surface area contributed by atoms with Crippen molar-refractivity contribution in [3.05, 3.63) is 17.2 Å². The van der Waals surface area contributed by atoms with E-state index in [1.165, 1.54) is 0 Å². The van der Waals surface area contributed by atoms with Gasteiger partial charge in [-0.2, -0.15) is 0 Å². The molecule has 1 aliphatic rings. The van der Waals surface area contributed by atoms with E-state index in [-0.39, 0.29) is 18.8 Å². The molecule has 0 aliphatic carbocycles. The first-order valence-corrected chi connectivity index (χ1v) is 6.07. The first-order chi connectivity index (χ1) is 8.15. The van der Waals surface area contributed by atoms with Gasteiger partial charge < -0.3 is 14.4 Å². The summed E-state index contributed by atoms with van der Waals surface area (Å²) in [6, 6.07) is 0.149. The number of likely N-dealkylation sites (tertiary alicyclic amines) is 1. The minimum Gasteiger partial charge on any atom is -0.395 e. The molecular formula is C11H18ClN3O2. The van der Waals surface area contributed by atoms with Crippen molar-refractivity contribution in [3.63, 3.8) is 0 Å². The van der Waals surface area contributed by atoms with Crippen LogP contribution in [0.4, 0.5) is 0 Å². The van der Waals surface area contributed by atoms with Crippen LogP contribution in [0, 0.1) is 0 Å². The van der Waals surface area contributed by atoms with Crippen LogP contribution in [-0.4, -0.2) is 52.0 Å². The zero-order valence-electron chi connectivity index (χ0n) is 10.1. The standard InChI is InChI=1S/C11H18ClN3O2/c1-14-10(12)4-13-11(14)6-15-5-9(17-2)3-8(15)7-16/h4,8-9,16H,3,5-7H2,1-2H3/t8-,9-/m0/s1. The molecule has 6 heteroatoms. The third kappa shape index (κ3) is 2.63. The number of hydrogen-bond acceptors (Lipinski definition) is 4. The van der Waals surface area contributed by atoms with Crippen LogP contribution in [0.5, 0.6) is 0 Å². The van der Waals surface area contributed by atoms with Gasteiger partial charge in [-0.3, -0.25) is 4.90 Å². The lowest BCUT2D eigenvalue weighted by atomic mass is 10.2. The molecule has 0 aromatic carbocycles. The fraction of sp³-hybridized carbons (Fsp3) is 0.727. The first-order valence-electron chi connectivity index (χ1n) is 5.69. The predicted octanol–water partition coefficient (Wildman–Crippen LogP) is 0.655. The fourth-order valence-electron chi connectivity index (χ4n) is 2.24. The van der Waals surface area contributed by atoms with Crippen LogP contribution in [0.3, 0.4) is 0 Å². The number of imidazole rings is 1. The zero-order valence-corrected chi connectivity index (χ0v) is 10.9. The lowest BCUT2D eigenvalue weighted by Gasteiger charge is -2.21. The van der Waals surface area contributed by atoms with Gasteiger partial charge in [-0.25, -0.2) is 4.98 Å². The van der Waals surface area contributed by atoms with Crippen molar-refractivity contribution in [1.82, 2.24) is 14.5 Å². The van der Waals surface area contributed by atoms with Crippen molar-refractivity contribution in [2.24, 2.45) is 7.05 Å². The molecule has 2 rings (SSSR count). The van der Waals surface area contributed by atoms with Gasteiger partial charge in [-0.05, 0) is 6.42 Å². The molecule has 1 saturated heterocycles. The summed E-state index contributed by atoms with van der Waals surface area (Å²) >= 11 is 5.95. The summed E-state index contributed by atoms with van der Waals surface area (Å²) in [5.74, 6) is 0.908. The Balaban J connectivity index is 2.05. The van der Waals surface area contributed by atoms with E-state index in [1.54, 1.807) is 13.3 Å². The van der Waals surface area contributed by atoms with Crippen molar-refractivity contribution in [1.29, 1.82) is 0 Å². The van der Waals surface area contributed by atoms with Crippen molar-refractivity contribution in [2.45, 2.75) is 25.1 Å². The molecule has 2 heterocycles. The van der Waals surface area contributed by atoms with Crippen LogP contribution < -0.4 is 0 Å². The third-order valence-corrected chi connectivity index (χ3v) is 3.76. The number of hydrogen-bond donors (Lipinski definition) is 1. The topological polar surface area (TPSA) is 50.5 Å². The van der Waals surface area contributed by atoms with E-state index in [0.717, 1.165) is 18.8 Å². The third-order valence-electron chi connectivity index (χ3n) is 3.41. The average molecular weight is 260 g/mol. The highest BCUT2D eigenvalue weighted by atomic mass is 35.5. The molecule has 0 radical (unpaired) electrons. The maximum Gasteiger partial charge on any atom is 0.128 e. The minimum absolute atomic E-state index is 0.149. The summed E-state index contributed by atoms with van der Waals surface area (Å²) in [4.78, 5) is 6.45. The highest BCUT2D eigenvalue weighted by Crippen LogP contribution is 2.22. The molecule has 0 saturated carbocycles. The summed E-state index contributed by atoms with van der Waals surface area (Å²) in [6.07, 6.45) is 2.71. The number of ether oxygens (including phenoxy) is 1. The van der Waals surface area contributed by atoms with Crippen molar-refractivity contribution in [3.8, 4) is 0 Å². The molecule has 96 valence electrons. The number of aliphatic hydroxyl groups excluding tert-OH is 1. The Bertz CT molecular complexity index is 383. The quantitative estimate of drug-likeness (QED) is 0.863. The SMILES string of the molecule is CO[C@H]1C[C@@H](CO)N(Cc2ncc(Cl)n2C)C1. The number of methoxy groups -OCH3 is 1. The fourth-order valence-corrected chi connectivity index (χ4v) is 2.39. The second-order valence-electron chi connectivity index (χ2n) is 4.42. The molecule has 2 atom stereocenters. The van der Waals surface area contributed by atoms with E-state index in [4.69, 9.17) is 16.3 Å². The maximum absolute atomic E-state index is 9.35. The van der Waals surface area contributed by atoms with Crippen LogP contribution in [0.15, 0.2) is 6.20 Å². The van der Waals surface area contributed by atoms with Crippen LogP contribution in [0.1, 0.15) is 12.2 Å². The van der Waals surface area contributed by atoms with Crippen molar-refractivity contribution < 1.29 is 9.84 Å². The van der Waals surface area contributed by atoms with E-state index in [2.05, 4.69) is 9.88 Å². The molecule has 1 aromatic heterocycles. The number of aliphatic hydroxyl groups is 1. The minimum atomic E-state index is 0.149. The van der Waals surface area contributed by atoms with Gasteiger partial charge in [0.15, 0.2) is 0 Å². The second-order valence-corrected chi connectivity index (χ2v) is 4.80. The Morgan fingerprint density at radius 3 is 2.94 bits per heavy atom. The molecule has 1 aromatic rings. The van der Waals surface area contributed by atoms with E-state index in [1.807, 2.05) is 11.6 Å². The Hall–Kier alpha value is -0.620. The van der Waals surface area contributed by atoms with Crippen molar-refractivity contribution in [2.75, 3.05) is 20.3 Å². The van der Waals surface area contributed by atoms with Crippen molar-refractivity contribution >= 4 is 11.6 Å². The van der Waals surface area contributed by atoms with E-state index >= 15 is 0 Å². The summed E-state index contributed by atoms with van der Waals surface area (Å²) < 4.78 is 7.20. The van der Waals surface area contributed by atoms with Gasteiger partial charge in [-0.1, -0.05) is 11.6 Å². The number of nitrogens with zero attached hydrogens (tertiary/aromatic N) is 3. The lowest BCUT2D eigenvalue weighted by molar-refractivity contribution is 0.106. The zero-order chi connectivity index (χ0) is 12.4. The molecule has 1 N–H and O–H groups in total. The summed E-state index contributed by atoms with van der Waals surface area (Å²) in [6.45, 7) is 1.67. The smallest absolute Gasteiger partial charge is 0.128 e. The maximum atomic E-state index is 9.35. The lowest BCUT2D eigenvalue weighted by Crippen LogP contribution is -2.32. The molecule has 5 nitrogen and oxygen atoms in total. The number of halogens is 1. The van der Waals surface area contributed by atoms with Gasteiger partial charge in [0, 0.05) is 26.7 Å². The van der Waals surface area contributed by atoms with Gasteiger partial charge in [0.1, 0.15) is 11.0 Å². The Morgan fingerprint density at radius 1 is 1.65 bits per heavy atom. The molecular weight excluding hydrogens is 242 g/mol. The second kappa shape index (κ2) is 5.35. The van der Waals surface area contributed by atoms with Crippen LogP contribution in [0.25, 0.3) is 0 Å². The molecule has 0 unspecified atom stereocenters. The van der Waals surface area contributed by atoms with Gasteiger partial charge >= 0.3 is 0 Å². The van der Waals surface area contributed by atoms with Gasteiger partial charge in [-0.15, -0.1) is 0 Å². The molecule has 1 fully saturated rings. The number of rotatable bonds is 4. The summed E-state index contributed by atoms with van der Waals surface area (Å²) in [7, 11) is 3.60. The van der Waals surface area contributed by atoms with Gasteiger partial charge in [0.05, 0.1) is 25.5 Å². The first kappa shape index (κ1) is 12.8. The van der Waals surface area contributed by atoms with E-state index in [9.17, 15) is 5.11 Å². The molecule has 0 spiro atoms. The Kier molecular flexibility index (Phi) is 4.04.